The van der Waals surface area contributed by atoms with Gasteiger partial charge < -0.3 is 10.1 Å². The van der Waals surface area contributed by atoms with Crippen molar-refractivity contribution in [3.8, 4) is 0 Å². The summed E-state index contributed by atoms with van der Waals surface area (Å²) in [6, 6.07) is 7.89. The summed E-state index contributed by atoms with van der Waals surface area (Å²) in [6.07, 6.45) is 3.45. The molecule has 0 atom stereocenters. The topological polar surface area (TPSA) is 71.8 Å². The number of aromatic amines is 1. The molecule has 5 nitrogen and oxygen atoms in total. The molecule has 0 saturated heterocycles. The highest BCUT2D eigenvalue weighted by Gasteiger charge is 2.14. The lowest BCUT2D eigenvalue weighted by atomic mass is 10.1. The molecular weight excluding hydrogens is 230 g/mol. The number of aryl methyl sites for hydroxylation is 2. The summed E-state index contributed by atoms with van der Waals surface area (Å²) >= 11 is 0. The van der Waals surface area contributed by atoms with E-state index < -0.39 is 4.92 Å². The van der Waals surface area contributed by atoms with Crippen LogP contribution in [0.5, 0.6) is 0 Å². The molecule has 5 heteroatoms. The number of nitro groups is 1. The zero-order valence-corrected chi connectivity index (χ0v) is 10.2. The quantitative estimate of drug-likeness (QED) is 0.665. The maximum Gasteiger partial charge on any atom is 0.348 e. The molecule has 0 amide bonds. The van der Waals surface area contributed by atoms with E-state index in [9.17, 15) is 10.1 Å². The maximum absolute atomic E-state index is 10.8. The van der Waals surface area contributed by atoms with Crippen LogP contribution in [0.4, 0.5) is 5.82 Å². The van der Waals surface area contributed by atoms with Gasteiger partial charge in [0.1, 0.15) is 0 Å². The molecule has 0 aliphatic heterocycles. The Hall–Kier alpha value is -2.43. The van der Waals surface area contributed by atoms with Crippen molar-refractivity contribution >= 4 is 18.0 Å². The average molecular weight is 243 g/mol. The lowest BCUT2D eigenvalue weighted by Gasteiger charge is -1.94. The summed E-state index contributed by atoms with van der Waals surface area (Å²) in [5.74, 6) is 0.459. The van der Waals surface area contributed by atoms with Crippen molar-refractivity contribution in [3.63, 3.8) is 0 Å². The molecule has 0 radical (unpaired) electrons. The van der Waals surface area contributed by atoms with Crippen LogP contribution in [0.3, 0.4) is 0 Å². The molecular formula is C13H13N3O2. The van der Waals surface area contributed by atoms with Gasteiger partial charge in [-0.15, -0.1) is 0 Å². The second-order valence-corrected chi connectivity index (χ2v) is 4.06. The van der Waals surface area contributed by atoms with Gasteiger partial charge in [0.05, 0.1) is 0 Å². The Morgan fingerprint density at radius 2 is 1.89 bits per heavy atom. The first-order valence-corrected chi connectivity index (χ1v) is 5.52. The highest BCUT2D eigenvalue weighted by Crippen LogP contribution is 2.17. The van der Waals surface area contributed by atoms with Gasteiger partial charge in [-0.3, -0.25) is 0 Å². The molecule has 0 aliphatic carbocycles. The van der Waals surface area contributed by atoms with Gasteiger partial charge in [0.15, 0.2) is 11.5 Å². The number of aromatic nitrogens is 2. The summed E-state index contributed by atoms with van der Waals surface area (Å²) < 4.78 is 0. The minimum Gasteiger partial charge on any atom is -0.358 e. The summed E-state index contributed by atoms with van der Waals surface area (Å²) in [5.41, 5.74) is 2.50. The lowest BCUT2D eigenvalue weighted by molar-refractivity contribution is -0.389. The fourth-order valence-electron chi connectivity index (χ4n) is 1.61. The summed E-state index contributed by atoms with van der Waals surface area (Å²) in [5, 5.41) is 10.8. The molecule has 0 saturated carbocycles. The van der Waals surface area contributed by atoms with Crippen molar-refractivity contribution in [1.82, 2.24) is 9.97 Å². The van der Waals surface area contributed by atoms with Gasteiger partial charge in [0.2, 0.25) is 0 Å². The Labute approximate surface area is 104 Å². The molecule has 18 heavy (non-hydrogen) atoms. The summed E-state index contributed by atoms with van der Waals surface area (Å²) in [6.45, 7) is 3.70. The van der Waals surface area contributed by atoms with Gasteiger partial charge in [-0.05, 0) is 23.5 Å². The first-order valence-electron chi connectivity index (χ1n) is 5.52. The molecule has 0 spiro atoms. The highest BCUT2D eigenvalue weighted by atomic mass is 16.6. The van der Waals surface area contributed by atoms with Crippen LogP contribution in [-0.4, -0.2) is 14.9 Å². The molecule has 2 aromatic rings. The maximum atomic E-state index is 10.8. The predicted molar refractivity (Wildman–Crippen MR) is 70.1 cm³/mol. The highest BCUT2D eigenvalue weighted by molar-refractivity contribution is 5.71. The molecule has 1 aromatic carbocycles. The number of hydrogen-bond donors (Lipinski definition) is 1. The standard InChI is InChI=1S/C13H13N3O2/c1-9-3-5-11(6-4-9)7-8-12-13(16(17)18)15-10(2)14-12/h3-8H,1-2H3,(H,14,15)/b8-7+. The van der Waals surface area contributed by atoms with Crippen molar-refractivity contribution in [3.05, 3.63) is 57.0 Å². The molecule has 92 valence electrons. The van der Waals surface area contributed by atoms with E-state index in [4.69, 9.17) is 0 Å². The predicted octanol–water partition coefficient (Wildman–Crippen LogP) is 3.11. The van der Waals surface area contributed by atoms with Crippen molar-refractivity contribution in [2.45, 2.75) is 13.8 Å². The van der Waals surface area contributed by atoms with E-state index in [1.165, 1.54) is 5.56 Å². The fourth-order valence-corrected chi connectivity index (χ4v) is 1.61. The van der Waals surface area contributed by atoms with Crippen LogP contribution in [0, 0.1) is 24.0 Å². The average Bonchev–Trinajstić information content (AvgIpc) is 2.70. The van der Waals surface area contributed by atoms with Crippen LogP contribution in [0.25, 0.3) is 12.2 Å². The second kappa shape index (κ2) is 4.83. The minimum absolute atomic E-state index is 0.0733. The Balaban J connectivity index is 2.28. The molecule has 2 rings (SSSR count). The third-order valence-electron chi connectivity index (χ3n) is 2.52. The number of H-pyrrole nitrogens is 1. The van der Waals surface area contributed by atoms with Crippen molar-refractivity contribution < 1.29 is 4.92 Å². The van der Waals surface area contributed by atoms with Gasteiger partial charge >= 0.3 is 5.82 Å². The van der Waals surface area contributed by atoms with Crippen LogP contribution < -0.4 is 0 Å². The first kappa shape index (κ1) is 12.0. The van der Waals surface area contributed by atoms with E-state index in [2.05, 4.69) is 9.97 Å². The number of rotatable bonds is 3. The molecule has 0 unspecified atom stereocenters. The van der Waals surface area contributed by atoms with E-state index >= 15 is 0 Å². The van der Waals surface area contributed by atoms with E-state index in [-0.39, 0.29) is 5.82 Å². The van der Waals surface area contributed by atoms with Crippen molar-refractivity contribution in [2.24, 2.45) is 0 Å². The molecule has 1 N–H and O–H groups in total. The third-order valence-corrected chi connectivity index (χ3v) is 2.52. The second-order valence-electron chi connectivity index (χ2n) is 4.06. The van der Waals surface area contributed by atoms with Crippen LogP contribution >= 0.6 is 0 Å². The molecule has 0 fully saturated rings. The lowest BCUT2D eigenvalue weighted by Crippen LogP contribution is -1.90. The monoisotopic (exact) mass is 243 g/mol. The first-order chi connectivity index (χ1) is 8.56. The van der Waals surface area contributed by atoms with E-state index in [1.54, 1.807) is 13.0 Å². The summed E-state index contributed by atoms with van der Waals surface area (Å²) in [7, 11) is 0. The van der Waals surface area contributed by atoms with Gasteiger partial charge in [-0.1, -0.05) is 35.9 Å². The van der Waals surface area contributed by atoms with E-state index in [0.29, 0.717) is 11.5 Å². The number of hydrogen-bond acceptors (Lipinski definition) is 3. The number of benzene rings is 1. The SMILES string of the molecule is Cc1ccc(/C=C/c2nc(C)[nH]c2[N+](=O)[O-])cc1. The van der Waals surface area contributed by atoms with Crippen molar-refractivity contribution in [2.75, 3.05) is 0 Å². The van der Waals surface area contributed by atoms with E-state index in [0.717, 1.165) is 5.56 Å². The summed E-state index contributed by atoms with van der Waals surface area (Å²) in [4.78, 5) is 17.0. The normalized spacial score (nSPS) is 11.0. The van der Waals surface area contributed by atoms with Crippen molar-refractivity contribution in [1.29, 1.82) is 0 Å². The van der Waals surface area contributed by atoms with E-state index in [1.807, 2.05) is 37.3 Å². The Kier molecular flexibility index (Phi) is 3.23. The number of imidazole rings is 1. The van der Waals surface area contributed by atoms with Crippen LogP contribution in [0.2, 0.25) is 0 Å². The van der Waals surface area contributed by atoms with Gasteiger partial charge in [-0.2, -0.15) is 0 Å². The van der Waals surface area contributed by atoms with Gasteiger partial charge in [0, 0.05) is 6.92 Å². The third kappa shape index (κ3) is 2.63. The molecule has 1 heterocycles. The number of nitrogens with zero attached hydrogens (tertiary/aromatic N) is 2. The molecule has 0 bridgehead atoms. The Morgan fingerprint density at radius 3 is 2.50 bits per heavy atom. The zero-order valence-electron chi connectivity index (χ0n) is 10.2. The Morgan fingerprint density at radius 1 is 1.22 bits per heavy atom. The van der Waals surface area contributed by atoms with Crippen LogP contribution in [0.1, 0.15) is 22.6 Å². The zero-order chi connectivity index (χ0) is 13.1. The molecule has 0 aliphatic rings. The smallest absolute Gasteiger partial charge is 0.348 e. The Bertz CT molecular complexity index is 597. The van der Waals surface area contributed by atoms with Gasteiger partial charge in [-0.25, -0.2) is 9.97 Å². The molecule has 1 aromatic heterocycles. The fraction of sp³-hybridized carbons (Fsp3) is 0.154. The van der Waals surface area contributed by atoms with Crippen LogP contribution in [0.15, 0.2) is 24.3 Å². The largest absolute Gasteiger partial charge is 0.358 e. The number of nitrogens with one attached hydrogen (secondary N) is 1. The minimum atomic E-state index is -0.463. The van der Waals surface area contributed by atoms with Crippen LogP contribution in [-0.2, 0) is 0 Å². The van der Waals surface area contributed by atoms with Gasteiger partial charge in [0.25, 0.3) is 0 Å².